The minimum absolute atomic E-state index is 0.0480. The van der Waals surface area contributed by atoms with Crippen LogP contribution >= 0.6 is 0 Å². The van der Waals surface area contributed by atoms with E-state index in [1.54, 1.807) is 54.9 Å². The van der Waals surface area contributed by atoms with Gasteiger partial charge in [-0.05, 0) is 129 Å². The highest BCUT2D eigenvalue weighted by Crippen LogP contribution is 2.44. The number of ether oxygens (including phenoxy) is 2. The lowest BCUT2D eigenvalue weighted by Gasteiger charge is -2.41. The van der Waals surface area contributed by atoms with E-state index in [0.29, 0.717) is 84.6 Å². The molecule has 5 amide bonds. The van der Waals surface area contributed by atoms with Crippen LogP contribution in [0.5, 0.6) is 11.6 Å². The lowest BCUT2D eigenvalue weighted by Crippen LogP contribution is -2.62. The lowest BCUT2D eigenvalue weighted by atomic mass is 9.83. The first-order valence-electron chi connectivity index (χ1n) is 29.3. The summed E-state index contributed by atoms with van der Waals surface area (Å²) in [5.74, 6) is -0.00211. The summed E-state index contributed by atoms with van der Waals surface area (Å²) >= 11 is 0. The fourth-order valence-corrected chi connectivity index (χ4v) is 12.1. The van der Waals surface area contributed by atoms with Crippen LogP contribution in [0.15, 0.2) is 72.9 Å². The van der Waals surface area contributed by atoms with Crippen LogP contribution in [0.1, 0.15) is 154 Å². The summed E-state index contributed by atoms with van der Waals surface area (Å²) in [4.78, 5) is 79.5. The molecular formula is C63H82FN11O7. The predicted octanol–water partition coefficient (Wildman–Crippen LogP) is 8.11. The molecule has 1 saturated heterocycles. The summed E-state index contributed by atoms with van der Waals surface area (Å²) in [6, 6.07) is 17.9. The standard InChI is InChI=1S/C63H82FN11O7/c1-39(66-5)58(77)70-56(63(2,3)4)61(80)74-37-43-32-45(26-24-41(43)33-53(74)59(78)69-49-21-16-19-40-18-13-14-20-46(40)49)82-31-15-11-9-8-10-12-23-54(76)67-28-30-75-62(81-7)55-42-34-52(57(65)68-36-42)73-29-17-22-51(73)48-35-44(64)25-27-47(48)60(79)72(6)38-50(55)71-75/h13-14,18,20,24-27,32,34-36,39,49,51,53,56,66H,8-12,15-17,19,21-23,28-31,33,37-38H2,1-7H3,(H2,65,68)(H,67,76)(H,69,78)(H,70,77)/t39-,49+,51+,53-,56+/m0/s1. The minimum atomic E-state index is -0.876. The molecule has 3 aromatic carbocycles. The number of carbonyl (C=O) groups is 5. The maximum absolute atomic E-state index is 14.8. The highest BCUT2D eigenvalue weighted by molar-refractivity contribution is 5.97. The smallest absolute Gasteiger partial charge is 0.254 e. The molecule has 3 aliphatic heterocycles. The number of amides is 5. The molecule has 9 rings (SSSR count). The Hall–Kier alpha value is -7.54. The van der Waals surface area contributed by atoms with Gasteiger partial charge in [-0.15, -0.1) is 0 Å². The monoisotopic (exact) mass is 1120 g/mol. The third-order valence-corrected chi connectivity index (χ3v) is 16.8. The molecule has 5 heterocycles. The summed E-state index contributed by atoms with van der Waals surface area (Å²) in [7, 11) is 4.98. The zero-order chi connectivity index (χ0) is 58.2. The van der Waals surface area contributed by atoms with Crippen LogP contribution in [0.2, 0.25) is 0 Å². The van der Waals surface area contributed by atoms with E-state index in [-0.39, 0.29) is 54.7 Å². The van der Waals surface area contributed by atoms with Crippen LogP contribution in [-0.4, -0.2) is 113 Å². The van der Waals surface area contributed by atoms with Gasteiger partial charge >= 0.3 is 0 Å². The molecule has 0 saturated carbocycles. The van der Waals surface area contributed by atoms with Crippen LogP contribution < -0.4 is 41.4 Å². The number of pyridine rings is 1. The van der Waals surface area contributed by atoms with Gasteiger partial charge in [0.05, 0.1) is 61.9 Å². The number of anilines is 2. The largest absolute Gasteiger partial charge is 0.494 e. The van der Waals surface area contributed by atoms with Gasteiger partial charge in [-0.3, -0.25) is 24.0 Å². The average molecular weight is 1120 g/mol. The predicted molar refractivity (Wildman–Crippen MR) is 313 cm³/mol. The quantitative estimate of drug-likeness (QED) is 0.0467. The Morgan fingerprint density at radius 3 is 2.46 bits per heavy atom. The first-order valence-corrected chi connectivity index (χ1v) is 29.3. The summed E-state index contributed by atoms with van der Waals surface area (Å²) in [5.41, 5.74) is 13.8. The van der Waals surface area contributed by atoms with E-state index in [9.17, 15) is 28.4 Å². The van der Waals surface area contributed by atoms with Crippen molar-refractivity contribution in [2.45, 2.75) is 161 Å². The van der Waals surface area contributed by atoms with Gasteiger partial charge in [0.25, 0.3) is 5.91 Å². The molecule has 0 radical (unpaired) electrons. The molecule has 5 atom stereocenters. The van der Waals surface area contributed by atoms with Crippen molar-refractivity contribution in [2.24, 2.45) is 5.41 Å². The maximum Gasteiger partial charge on any atom is 0.254 e. The number of aromatic nitrogens is 3. The van der Waals surface area contributed by atoms with E-state index in [0.717, 1.165) is 92.9 Å². The summed E-state index contributed by atoms with van der Waals surface area (Å²) in [5, 5.41) is 17.3. The third kappa shape index (κ3) is 13.4. The Balaban J connectivity index is 0.750. The number of nitrogens with one attached hydrogen (secondary N) is 4. The highest BCUT2D eigenvalue weighted by atomic mass is 19.1. The number of benzene rings is 3. The van der Waals surface area contributed by atoms with Crippen LogP contribution in [0.4, 0.5) is 15.9 Å². The lowest BCUT2D eigenvalue weighted by molar-refractivity contribution is -0.147. The highest BCUT2D eigenvalue weighted by Gasteiger charge is 2.43. The second kappa shape index (κ2) is 26.1. The van der Waals surface area contributed by atoms with Gasteiger partial charge in [-0.1, -0.05) is 76.8 Å². The number of hydrogen-bond donors (Lipinski definition) is 5. The number of rotatable bonds is 20. The fraction of sp³-hybridized carbons (Fsp3) is 0.508. The first-order chi connectivity index (χ1) is 39.4. The van der Waals surface area contributed by atoms with Crippen molar-refractivity contribution >= 4 is 41.0 Å². The first kappa shape index (κ1) is 59.1. The Morgan fingerprint density at radius 1 is 0.902 bits per heavy atom. The minimum Gasteiger partial charge on any atom is -0.494 e. The summed E-state index contributed by atoms with van der Waals surface area (Å²) in [6.07, 6.45) is 12.2. The number of unbranched alkanes of at least 4 members (excludes halogenated alkanes) is 5. The van der Waals surface area contributed by atoms with Crippen LogP contribution in [0.25, 0.3) is 11.1 Å². The molecule has 1 fully saturated rings. The Labute approximate surface area is 481 Å². The van der Waals surface area contributed by atoms with E-state index in [4.69, 9.17) is 20.3 Å². The molecule has 5 aromatic rings. The molecule has 18 nitrogen and oxygen atoms in total. The number of fused-ring (bicyclic) bond motifs is 10. The van der Waals surface area contributed by atoms with Gasteiger partial charge in [-0.2, -0.15) is 5.10 Å². The van der Waals surface area contributed by atoms with Gasteiger partial charge in [0.1, 0.15) is 29.5 Å². The molecule has 438 valence electrons. The van der Waals surface area contributed by atoms with Gasteiger partial charge < -0.3 is 51.2 Å². The van der Waals surface area contributed by atoms with Gasteiger partial charge in [-0.25, -0.2) is 14.1 Å². The second-order valence-corrected chi connectivity index (χ2v) is 23.6. The van der Waals surface area contributed by atoms with E-state index < -0.39 is 29.4 Å². The van der Waals surface area contributed by atoms with E-state index in [1.807, 2.05) is 57.2 Å². The van der Waals surface area contributed by atoms with Crippen molar-refractivity contribution < 1.29 is 37.8 Å². The van der Waals surface area contributed by atoms with Crippen molar-refractivity contribution in [3.8, 4) is 22.8 Å². The van der Waals surface area contributed by atoms with E-state index in [2.05, 4.69) is 43.3 Å². The van der Waals surface area contributed by atoms with Gasteiger partial charge in [0, 0.05) is 56.8 Å². The molecule has 82 heavy (non-hydrogen) atoms. The van der Waals surface area contributed by atoms with Crippen LogP contribution in [0.3, 0.4) is 0 Å². The number of halogens is 1. The van der Waals surface area contributed by atoms with Crippen molar-refractivity contribution in [1.82, 2.24) is 45.8 Å². The molecule has 0 unspecified atom stereocenters. The number of nitrogens with zero attached hydrogens (tertiary/aromatic N) is 6. The summed E-state index contributed by atoms with van der Waals surface area (Å²) in [6.45, 7) is 9.67. The number of likely N-dealkylation sites (N-methyl/N-ethyl adjacent to an activating group) is 1. The number of methoxy groups -OCH3 is 1. The third-order valence-electron chi connectivity index (χ3n) is 16.8. The second-order valence-electron chi connectivity index (χ2n) is 23.6. The van der Waals surface area contributed by atoms with Crippen molar-refractivity contribution in [3.63, 3.8) is 0 Å². The number of nitrogens with two attached hydrogens (primary N) is 1. The van der Waals surface area contributed by atoms with Gasteiger partial charge in [0.2, 0.25) is 29.5 Å². The van der Waals surface area contributed by atoms with Gasteiger partial charge in [0.15, 0.2) is 0 Å². The van der Waals surface area contributed by atoms with Crippen molar-refractivity contribution in [3.05, 3.63) is 118 Å². The van der Waals surface area contributed by atoms with Crippen molar-refractivity contribution in [2.75, 3.05) is 51.5 Å². The number of aryl methyl sites for hydroxylation is 1. The SMILES string of the molecule is CN[C@@H](C)C(=O)N[C@H](C(=O)N1Cc2cc(OCCCCCCCCC(=O)NCCn3nc4c(c3OC)-c3cnc(N)c(c3)N3CCC[C@@H]3c3cc(F)ccc3C(=O)N(C)C4)ccc2C[C@H]1C(=O)N[C@@H]1CCCc2ccccc21)C(C)(C)C. The van der Waals surface area contributed by atoms with Crippen LogP contribution in [-0.2, 0) is 51.7 Å². The van der Waals surface area contributed by atoms with E-state index >= 15 is 0 Å². The van der Waals surface area contributed by atoms with Crippen molar-refractivity contribution in [1.29, 1.82) is 0 Å². The molecule has 19 heteroatoms. The van der Waals surface area contributed by atoms with Crippen LogP contribution in [0, 0.1) is 11.2 Å². The summed E-state index contributed by atoms with van der Waals surface area (Å²) < 4.78 is 28.7. The Bertz CT molecular complexity index is 3140. The zero-order valence-electron chi connectivity index (χ0n) is 48.7. The molecule has 0 spiro atoms. The Kier molecular flexibility index (Phi) is 18.8. The number of carbonyl (C=O) groups excluding carboxylic acids is 5. The molecule has 2 bridgehead atoms. The Morgan fingerprint density at radius 2 is 1.68 bits per heavy atom. The van der Waals surface area contributed by atoms with E-state index in [1.165, 1.54) is 17.7 Å². The molecule has 1 aliphatic carbocycles. The average Bonchev–Trinajstić information content (AvgIpc) is 4.27. The molecule has 2 aromatic heterocycles. The molecule has 6 N–H and O–H groups in total. The topological polar surface area (TPSA) is 218 Å². The fourth-order valence-electron chi connectivity index (χ4n) is 12.1. The maximum atomic E-state index is 14.8. The normalized spacial score (nSPS) is 18.3. The number of nitrogen functional groups attached to an aromatic ring is 1. The molecule has 4 aliphatic rings. The zero-order valence-corrected chi connectivity index (χ0v) is 48.7. The molecular weight excluding hydrogens is 1040 g/mol. The number of hydrogen-bond acceptors (Lipinski definition) is 12.